The zero-order valence-electron chi connectivity index (χ0n) is 22.5. The van der Waals surface area contributed by atoms with Gasteiger partial charge in [0.05, 0.1) is 18.2 Å². The highest BCUT2D eigenvalue weighted by atomic mass is 32.1. The Balaban J connectivity index is 1.42. The van der Waals surface area contributed by atoms with E-state index in [9.17, 15) is 19.5 Å². The molecule has 2 aromatic carbocycles. The van der Waals surface area contributed by atoms with Crippen LogP contribution in [0.3, 0.4) is 0 Å². The molecule has 8 nitrogen and oxygen atoms in total. The van der Waals surface area contributed by atoms with Crippen molar-refractivity contribution in [3.63, 3.8) is 0 Å². The number of benzene rings is 2. The SMILES string of the molecule is CCOC(=O)N1CCC(N2C(=O)C(=O)/C(=C(\O)c3ccc(OCc4ccccc4)c(C)c3)C2c2cccs2)CC1. The van der Waals surface area contributed by atoms with Gasteiger partial charge in [0.25, 0.3) is 11.7 Å². The van der Waals surface area contributed by atoms with Gasteiger partial charge in [-0.05, 0) is 67.5 Å². The molecule has 1 atom stereocenters. The lowest BCUT2D eigenvalue weighted by Gasteiger charge is -2.38. The molecule has 0 bridgehead atoms. The van der Waals surface area contributed by atoms with Crippen molar-refractivity contribution < 1.29 is 29.0 Å². The quantitative estimate of drug-likeness (QED) is 0.227. The van der Waals surface area contributed by atoms with E-state index in [2.05, 4.69) is 0 Å². The van der Waals surface area contributed by atoms with Gasteiger partial charge in [0.15, 0.2) is 0 Å². The summed E-state index contributed by atoms with van der Waals surface area (Å²) >= 11 is 1.43. The summed E-state index contributed by atoms with van der Waals surface area (Å²) in [5.74, 6) is -0.871. The number of aliphatic hydroxyl groups is 1. The van der Waals surface area contributed by atoms with E-state index < -0.39 is 17.7 Å². The van der Waals surface area contributed by atoms with Crippen molar-refractivity contribution in [2.24, 2.45) is 0 Å². The molecule has 1 aromatic heterocycles. The number of ether oxygens (including phenoxy) is 2. The molecule has 2 aliphatic rings. The van der Waals surface area contributed by atoms with Crippen LogP contribution in [0.2, 0.25) is 0 Å². The zero-order chi connectivity index (χ0) is 28.2. The number of carbonyl (C=O) groups is 3. The van der Waals surface area contributed by atoms with E-state index in [1.54, 1.807) is 34.9 Å². The Morgan fingerprint density at radius 2 is 1.80 bits per heavy atom. The third kappa shape index (κ3) is 5.47. The maximum Gasteiger partial charge on any atom is 0.409 e. The number of piperidine rings is 1. The Hall–Kier alpha value is -4.11. The maximum atomic E-state index is 13.4. The lowest BCUT2D eigenvalue weighted by atomic mass is 9.97. The van der Waals surface area contributed by atoms with Gasteiger partial charge in [-0.1, -0.05) is 36.4 Å². The van der Waals surface area contributed by atoms with Crippen molar-refractivity contribution in [3.05, 3.63) is 93.2 Å². The van der Waals surface area contributed by atoms with Gasteiger partial charge >= 0.3 is 6.09 Å². The smallest absolute Gasteiger partial charge is 0.409 e. The van der Waals surface area contributed by atoms with Crippen LogP contribution in [0.15, 0.2) is 71.6 Å². The van der Waals surface area contributed by atoms with E-state index in [0.717, 1.165) is 16.0 Å². The van der Waals surface area contributed by atoms with Crippen LogP contribution in [-0.2, 0) is 20.9 Å². The Bertz CT molecular complexity index is 1410. The largest absolute Gasteiger partial charge is 0.507 e. The van der Waals surface area contributed by atoms with Crippen LogP contribution in [0, 0.1) is 6.92 Å². The van der Waals surface area contributed by atoms with Crippen molar-refractivity contribution in [3.8, 4) is 5.75 Å². The number of ketones is 1. The number of hydrogen-bond acceptors (Lipinski definition) is 7. The van der Waals surface area contributed by atoms with E-state index in [0.29, 0.717) is 50.5 Å². The van der Waals surface area contributed by atoms with E-state index in [-0.39, 0.29) is 23.5 Å². The van der Waals surface area contributed by atoms with Crippen LogP contribution in [0.25, 0.3) is 5.76 Å². The fraction of sp³-hybridized carbons (Fsp3) is 0.323. The second-order valence-corrected chi connectivity index (χ2v) is 10.9. The topological polar surface area (TPSA) is 96.4 Å². The summed E-state index contributed by atoms with van der Waals surface area (Å²) in [7, 11) is 0. The number of likely N-dealkylation sites (tertiary alicyclic amines) is 2. The van der Waals surface area contributed by atoms with Crippen LogP contribution in [0.5, 0.6) is 5.75 Å². The maximum absolute atomic E-state index is 13.4. The van der Waals surface area contributed by atoms with Crippen LogP contribution >= 0.6 is 11.3 Å². The molecule has 0 spiro atoms. The Morgan fingerprint density at radius 3 is 2.45 bits per heavy atom. The van der Waals surface area contributed by atoms with E-state index in [4.69, 9.17) is 9.47 Å². The molecule has 0 aliphatic carbocycles. The summed E-state index contributed by atoms with van der Waals surface area (Å²) in [5, 5.41) is 13.4. The van der Waals surface area contributed by atoms with Crippen LogP contribution < -0.4 is 4.74 Å². The number of hydrogen-bond donors (Lipinski definition) is 1. The second-order valence-electron chi connectivity index (χ2n) is 9.89. The molecule has 1 N–H and O–H groups in total. The molecule has 208 valence electrons. The zero-order valence-corrected chi connectivity index (χ0v) is 23.4. The van der Waals surface area contributed by atoms with Gasteiger partial charge in [-0.25, -0.2) is 4.79 Å². The van der Waals surface area contributed by atoms with Crippen molar-refractivity contribution in [2.45, 2.75) is 45.4 Å². The first-order chi connectivity index (χ1) is 19.4. The minimum absolute atomic E-state index is 0.0811. The number of nitrogens with zero attached hydrogens (tertiary/aromatic N) is 2. The number of carbonyl (C=O) groups excluding carboxylic acids is 3. The normalized spacial score (nSPS) is 19.2. The number of Topliss-reactive ketones (excluding diaryl/α,β-unsaturated/α-hetero) is 1. The lowest BCUT2D eigenvalue weighted by molar-refractivity contribution is -0.142. The predicted octanol–water partition coefficient (Wildman–Crippen LogP) is 5.68. The van der Waals surface area contributed by atoms with Gasteiger partial charge in [0.2, 0.25) is 0 Å². The van der Waals surface area contributed by atoms with Crippen molar-refractivity contribution >= 4 is 34.9 Å². The first-order valence-electron chi connectivity index (χ1n) is 13.4. The molecule has 0 saturated carbocycles. The summed E-state index contributed by atoms with van der Waals surface area (Å²) < 4.78 is 11.1. The Morgan fingerprint density at radius 1 is 1.05 bits per heavy atom. The Kier molecular flexibility index (Phi) is 8.21. The molecular formula is C31H32N2O6S. The van der Waals surface area contributed by atoms with Gasteiger partial charge in [0, 0.05) is 29.6 Å². The van der Waals surface area contributed by atoms with E-state index in [1.807, 2.05) is 54.8 Å². The van der Waals surface area contributed by atoms with Crippen LogP contribution in [-0.4, -0.2) is 58.4 Å². The van der Waals surface area contributed by atoms with Gasteiger partial charge in [-0.15, -0.1) is 11.3 Å². The third-order valence-electron chi connectivity index (χ3n) is 7.36. The fourth-order valence-electron chi connectivity index (χ4n) is 5.34. The molecule has 5 rings (SSSR count). The monoisotopic (exact) mass is 560 g/mol. The van der Waals surface area contributed by atoms with E-state index >= 15 is 0 Å². The molecule has 3 aromatic rings. The summed E-state index contributed by atoms with van der Waals surface area (Å²) in [4.78, 5) is 43.1. The molecule has 9 heteroatoms. The molecule has 3 heterocycles. The molecular weight excluding hydrogens is 528 g/mol. The van der Waals surface area contributed by atoms with Gasteiger partial charge in [0.1, 0.15) is 18.1 Å². The third-order valence-corrected chi connectivity index (χ3v) is 8.29. The summed E-state index contributed by atoms with van der Waals surface area (Å²) in [5.41, 5.74) is 2.37. The molecule has 0 radical (unpaired) electrons. The highest BCUT2D eigenvalue weighted by Gasteiger charge is 2.49. The van der Waals surface area contributed by atoms with Crippen molar-refractivity contribution in [1.29, 1.82) is 0 Å². The van der Waals surface area contributed by atoms with Crippen LogP contribution in [0.4, 0.5) is 4.79 Å². The summed E-state index contributed by atoms with van der Waals surface area (Å²) in [6, 6.07) is 17.9. The minimum atomic E-state index is -0.703. The van der Waals surface area contributed by atoms with Crippen molar-refractivity contribution in [2.75, 3.05) is 19.7 Å². The van der Waals surface area contributed by atoms with Gasteiger partial charge in [-0.3, -0.25) is 9.59 Å². The number of aryl methyl sites for hydroxylation is 1. The van der Waals surface area contributed by atoms with Gasteiger partial charge in [-0.2, -0.15) is 0 Å². The number of aliphatic hydroxyl groups excluding tert-OH is 1. The van der Waals surface area contributed by atoms with Gasteiger partial charge < -0.3 is 24.4 Å². The first kappa shape index (κ1) is 27.5. The molecule has 2 saturated heterocycles. The average molecular weight is 561 g/mol. The number of rotatable bonds is 7. The minimum Gasteiger partial charge on any atom is -0.507 e. The molecule has 40 heavy (non-hydrogen) atoms. The second kappa shape index (κ2) is 12.0. The highest BCUT2D eigenvalue weighted by Crippen LogP contribution is 2.44. The Labute approximate surface area is 237 Å². The summed E-state index contributed by atoms with van der Waals surface area (Å²) in [6.07, 6.45) is 0.657. The molecule has 2 aliphatic heterocycles. The standard InChI is InChI=1S/C31H32N2O6S/c1-3-38-31(37)32-15-13-23(14-16-32)33-27(25-10-7-17-40-25)26(29(35)30(33)36)28(34)22-11-12-24(20(2)18-22)39-19-21-8-5-4-6-9-21/h4-12,17-18,23,27,34H,3,13-16,19H2,1-2H3/b28-26-. The average Bonchev–Trinajstić information content (AvgIpc) is 3.59. The number of amides is 2. The molecule has 2 fully saturated rings. The van der Waals surface area contributed by atoms with Crippen molar-refractivity contribution in [1.82, 2.24) is 9.80 Å². The lowest BCUT2D eigenvalue weighted by Crippen LogP contribution is -2.48. The van der Waals surface area contributed by atoms with E-state index in [1.165, 1.54) is 11.3 Å². The molecule has 1 unspecified atom stereocenters. The summed E-state index contributed by atoms with van der Waals surface area (Å²) in [6.45, 7) is 5.19. The first-order valence-corrected chi connectivity index (χ1v) is 14.3. The van der Waals surface area contributed by atoms with Crippen LogP contribution in [0.1, 0.15) is 47.4 Å². The fourth-order valence-corrected chi connectivity index (χ4v) is 6.18. The molecule has 2 amide bonds. The number of thiophene rings is 1. The predicted molar refractivity (Wildman–Crippen MR) is 152 cm³/mol. The highest BCUT2D eigenvalue weighted by molar-refractivity contribution is 7.10.